The molecule has 1 aromatic rings. The molecule has 0 aromatic heterocycles. The summed E-state index contributed by atoms with van der Waals surface area (Å²) in [7, 11) is 0. The number of hydrogen-bond acceptors (Lipinski definition) is 3. The van der Waals surface area contributed by atoms with Gasteiger partial charge < -0.3 is 15.2 Å². The van der Waals surface area contributed by atoms with Gasteiger partial charge in [0, 0.05) is 17.7 Å². The molecule has 0 bridgehead atoms. The zero-order valence-electron chi connectivity index (χ0n) is 11.8. The van der Waals surface area contributed by atoms with Gasteiger partial charge in [-0.15, -0.1) is 0 Å². The predicted octanol–water partition coefficient (Wildman–Crippen LogP) is 3.38. The Bertz CT molecular complexity index is 460. The first kappa shape index (κ1) is 12.8. The Kier molecular flexibility index (Phi) is 3.17. The Labute approximate surface area is 115 Å². The zero-order valence-corrected chi connectivity index (χ0v) is 11.8. The van der Waals surface area contributed by atoms with Gasteiger partial charge in [0.05, 0.1) is 6.04 Å². The van der Waals surface area contributed by atoms with Crippen LogP contribution >= 0.6 is 0 Å². The zero-order chi connectivity index (χ0) is 13.5. The van der Waals surface area contributed by atoms with Gasteiger partial charge in [-0.05, 0) is 43.2 Å². The molecule has 1 fully saturated rings. The van der Waals surface area contributed by atoms with Crippen LogP contribution in [0.3, 0.4) is 0 Å². The first-order chi connectivity index (χ1) is 9.03. The highest BCUT2D eigenvalue weighted by Crippen LogP contribution is 2.38. The van der Waals surface area contributed by atoms with Gasteiger partial charge >= 0.3 is 0 Å². The van der Waals surface area contributed by atoms with Gasteiger partial charge in [0.1, 0.15) is 18.1 Å². The summed E-state index contributed by atoms with van der Waals surface area (Å²) in [6, 6.07) is 6.30. The second-order valence-corrected chi connectivity index (χ2v) is 6.69. The van der Waals surface area contributed by atoms with E-state index in [0.717, 1.165) is 5.75 Å². The fraction of sp³-hybridized carbons (Fsp3) is 0.625. The van der Waals surface area contributed by atoms with Gasteiger partial charge in [-0.2, -0.15) is 0 Å². The Morgan fingerprint density at radius 1 is 1.26 bits per heavy atom. The van der Waals surface area contributed by atoms with Crippen molar-refractivity contribution in [1.82, 2.24) is 5.32 Å². The first-order valence-corrected chi connectivity index (χ1v) is 7.25. The van der Waals surface area contributed by atoms with Crippen LogP contribution in [0.25, 0.3) is 0 Å². The summed E-state index contributed by atoms with van der Waals surface area (Å²) in [5.41, 5.74) is 1.69. The summed E-state index contributed by atoms with van der Waals surface area (Å²) in [4.78, 5) is 0. The van der Waals surface area contributed by atoms with Crippen LogP contribution in [0.15, 0.2) is 18.2 Å². The molecule has 1 atom stereocenters. The molecule has 2 aliphatic rings. The van der Waals surface area contributed by atoms with Crippen molar-refractivity contribution in [2.24, 2.45) is 5.41 Å². The third-order valence-electron chi connectivity index (χ3n) is 4.55. The van der Waals surface area contributed by atoms with Gasteiger partial charge in [-0.3, -0.25) is 0 Å². The van der Waals surface area contributed by atoms with Crippen LogP contribution < -0.4 is 10.1 Å². The van der Waals surface area contributed by atoms with E-state index in [1.807, 2.05) is 6.07 Å². The molecule has 0 amide bonds. The average molecular weight is 261 g/mol. The predicted molar refractivity (Wildman–Crippen MR) is 75.5 cm³/mol. The van der Waals surface area contributed by atoms with Gasteiger partial charge in [0.25, 0.3) is 0 Å². The van der Waals surface area contributed by atoms with Crippen LogP contribution in [0, 0.1) is 5.41 Å². The molecule has 0 spiro atoms. The van der Waals surface area contributed by atoms with E-state index in [1.54, 1.807) is 12.1 Å². The van der Waals surface area contributed by atoms with Gasteiger partial charge in [0.2, 0.25) is 0 Å². The van der Waals surface area contributed by atoms with Crippen LogP contribution in [0.1, 0.15) is 51.1 Å². The molecule has 0 radical (unpaired) electrons. The maximum absolute atomic E-state index is 9.46. The average Bonchev–Trinajstić information content (AvgIpc) is 2.74. The van der Waals surface area contributed by atoms with Crippen molar-refractivity contribution < 1.29 is 9.84 Å². The Morgan fingerprint density at radius 2 is 2.00 bits per heavy atom. The van der Waals surface area contributed by atoms with Crippen molar-refractivity contribution in [2.75, 3.05) is 6.61 Å². The quantitative estimate of drug-likeness (QED) is 0.857. The molecule has 3 nitrogen and oxygen atoms in total. The molecule has 1 aliphatic carbocycles. The minimum Gasteiger partial charge on any atom is -0.508 e. The van der Waals surface area contributed by atoms with Crippen LogP contribution in [0.4, 0.5) is 0 Å². The third-order valence-corrected chi connectivity index (χ3v) is 4.55. The van der Waals surface area contributed by atoms with Gasteiger partial charge in [-0.1, -0.05) is 13.8 Å². The number of nitrogens with one attached hydrogen (secondary N) is 1. The summed E-state index contributed by atoms with van der Waals surface area (Å²) >= 11 is 0. The Balaban J connectivity index is 1.64. The molecular weight excluding hydrogens is 238 g/mol. The molecule has 0 saturated heterocycles. The van der Waals surface area contributed by atoms with Crippen LogP contribution in [-0.4, -0.2) is 17.8 Å². The molecule has 104 valence electrons. The maximum atomic E-state index is 9.46. The third kappa shape index (κ3) is 2.71. The number of phenolic OH excluding ortho intramolecular Hbond substituents is 1. The van der Waals surface area contributed by atoms with E-state index in [2.05, 4.69) is 19.2 Å². The fourth-order valence-electron chi connectivity index (χ4n) is 3.19. The molecule has 2 N–H and O–H groups in total. The summed E-state index contributed by atoms with van der Waals surface area (Å²) in [5, 5.41) is 13.2. The first-order valence-electron chi connectivity index (χ1n) is 7.25. The van der Waals surface area contributed by atoms with E-state index in [1.165, 1.54) is 31.2 Å². The Hall–Kier alpha value is -1.22. The summed E-state index contributed by atoms with van der Waals surface area (Å²) < 4.78 is 5.65. The second-order valence-electron chi connectivity index (χ2n) is 6.69. The van der Waals surface area contributed by atoms with Crippen molar-refractivity contribution in [3.8, 4) is 11.5 Å². The SMILES string of the molecule is CC1(C)CCC(NC2COc3cc(O)ccc32)CC1. The number of phenols is 1. The van der Waals surface area contributed by atoms with Crippen molar-refractivity contribution >= 4 is 0 Å². The molecule has 1 aliphatic heterocycles. The second kappa shape index (κ2) is 4.71. The van der Waals surface area contributed by atoms with Crippen LogP contribution in [0.2, 0.25) is 0 Å². The summed E-state index contributed by atoms with van der Waals surface area (Å²) in [6.07, 6.45) is 5.08. The van der Waals surface area contributed by atoms with E-state index in [4.69, 9.17) is 4.74 Å². The standard InChI is InChI=1S/C16H23NO2/c1-16(2)7-5-11(6-8-16)17-14-10-19-15-9-12(18)3-4-13(14)15/h3-4,9,11,14,17-18H,5-8,10H2,1-2H3. The van der Waals surface area contributed by atoms with E-state index in [0.29, 0.717) is 18.1 Å². The van der Waals surface area contributed by atoms with E-state index in [9.17, 15) is 5.11 Å². The lowest BCUT2D eigenvalue weighted by atomic mass is 9.75. The normalized spacial score (nSPS) is 25.9. The summed E-state index contributed by atoms with van der Waals surface area (Å²) in [6.45, 7) is 5.40. The molecular formula is C16H23NO2. The number of ether oxygens (including phenoxy) is 1. The highest BCUT2D eigenvalue weighted by Gasteiger charge is 2.31. The fourth-order valence-corrected chi connectivity index (χ4v) is 3.19. The topological polar surface area (TPSA) is 41.5 Å². The molecule has 1 heterocycles. The van der Waals surface area contributed by atoms with Gasteiger partial charge in [-0.25, -0.2) is 0 Å². The van der Waals surface area contributed by atoms with Crippen molar-refractivity contribution in [3.63, 3.8) is 0 Å². The molecule has 1 saturated carbocycles. The largest absolute Gasteiger partial charge is 0.508 e. The number of rotatable bonds is 2. The van der Waals surface area contributed by atoms with E-state index < -0.39 is 0 Å². The highest BCUT2D eigenvalue weighted by atomic mass is 16.5. The lowest BCUT2D eigenvalue weighted by molar-refractivity contribution is 0.191. The lowest BCUT2D eigenvalue weighted by Crippen LogP contribution is -2.38. The van der Waals surface area contributed by atoms with Crippen molar-refractivity contribution in [3.05, 3.63) is 23.8 Å². The number of benzene rings is 1. The minimum absolute atomic E-state index is 0.277. The molecule has 3 rings (SSSR count). The summed E-state index contributed by atoms with van der Waals surface area (Å²) in [5.74, 6) is 1.10. The number of hydrogen-bond donors (Lipinski definition) is 2. The molecule has 1 aromatic carbocycles. The molecule has 1 unspecified atom stereocenters. The smallest absolute Gasteiger partial charge is 0.127 e. The monoisotopic (exact) mass is 261 g/mol. The maximum Gasteiger partial charge on any atom is 0.127 e. The highest BCUT2D eigenvalue weighted by molar-refractivity contribution is 5.44. The van der Waals surface area contributed by atoms with Crippen molar-refractivity contribution in [2.45, 2.75) is 51.6 Å². The Morgan fingerprint density at radius 3 is 2.74 bits per heavy atom. The lowest BCUT2D eigenvalue weighted by Gasteiger charge is -2.35. The van der Waals surface area contributed by atoms with Crippen LogP contribution in [-0.2, 0) is 0 Å². The number of fused-ring (bicyclic) bond motifs is 1. The van der Waals surface area contributed by atoms with Crippen molar-refractivity contribution in [1.29, 1.82) is 0 Å². The minimum atomic E-state index is 0.277. The molecule has 3 heteroatoms. The van der Waals surface area contributed by atoms with Gasteiger partial charge in [0.15, 0.2) is 0 Å². The van der Waals surface area contributed by atoms with E-state index >= 15 is 0 Å². The van der Waals surface area contributed by atoms with E-state index in [-0.39, 0.29) is 11.8 Å². The molecule has 19 heavy (non-hydrogen) atoms. The van der Waals surface area contributed by atoms with Crippen LogP contribution in [0.5, 0.6) is 11.5 Å². The number of aromatic hydroxyl groups is 1.